The van der Waals surface area contributed by atoms with Gasteiger partial charge in [-0.2, -0.15) is 0 Å². The van der Waals surface area contributed by atoms with Gasteiger partial charge < -0.3 is 24.3 Å². The second-order valence-corrected chi connectivity index (χ2v) is 5.00. The highest BCUT2D eigenvalue weighted by molar-refractivity contribution is 6.05. The molecular formula is C18H21NO5. The van der Waals surface area contributed by atoms with Gasteiger partial charge in [0.2, 0.25) is 0 Å². The van der Waals surface area contributed by atoms with Crippen LogP contribution in [0, 0.1) is 6.92 Å². The number of carbonyl (C=O) groups is 1. The zero-order valence-corrected chi connectivity index (χ0v) is 14.4. The van der Waals surface area contributed by atoms with E-state index in [0.717, 1.165) is 5.56 Å². The number of nitrogens with one attached hydrogen (secondary N) is 1. The predicted octanol–water partition coefficient (Wildman–Crippen LogP) is 3.28. The molecule has 0 unspecified atom stereocenters. The first kappa shape index (κ1) is 17.5. The van der Waals surface area contributed by atoms with Crippen LogP contribution in [-0.4, -0.2) is 34.3 Å². The molecule has 24 heavy (non-hydrogen) atoms. The molecule has 128 valence electrons. The van der Waals surface area contributed by atoms with Gasteiger partial charge in [0.25, 0.3) is 5.91 Å². The maximum atomic E-state index is 12.5. The van der Waals surface area contributed by atoms with E-state index in [9.17, 15) is 4.79 Å². The van der Waals surface area contributed by atoms with Crippen molar-refractivity contribution in [3.8, 4) is 23.0 Å². The highest BCUT2D eigenvalue weighted by atomic mass is 16.5. The molecule has 0 saturated carbocycles. The summed E-state index contributed by atoms with van der Waals surface area (Å²) in [6, 6.07) is 8.49. The minimum atomic E-state index is -0.279. The minimum absolute atomic E-state index is 0.279. The maximum Gasteiger partial charge on any atom is 0.255 e. The molecule has 0 aliphatic carbocycles. The molecule has 0 spiro atoms. The molecule has 2 aromatic rings. The molecular weight excluding hydrogens is 310 g/mol. The number of hydrogen-bond acceptors (Lipinski definition) is 5. The molecule has 2 rings (SSSR count). The highest BCUT2D eigenvalue weighted by Gasteiger charge is 2.16. The van der Waals surface area contributed by atoms with Crippen molar-refractivity contribution in [2.24, 2.45) is 0 Å². The lowest BCUT2D eigenvalue weighted by Gasteiger charge is -2.15. The van der Waals surface area contributed by atoms with Crippen molar-refractivity contribution in [2.75, 3.05) is 33.8 Å². The average Bonchev–Trinajstić information content (AvgIpc) is 2.61. The third-order valence-electron chi connectivity index (χ3n) is 3.67. The van der Waals surface area contributed by atoms with Crippen molar-refractivity contribution in [2.45, 2.75) is 6.92 Å². The molecule has 0 aromatic heterocycles. The lowest BCUT2D eigenvalue weighted by molar-refractivity contribution is 0.102. The van der Waals surface area contributed by atoms with Crippen molar-refractivity contribution in [1.29, 1.82) is 0 Å². The maximum absolute atomic E-state index is 12.5. The van der Waals surface area contributed by atoms with Crippen LogP contribution in [0.5, 0.6) is 23.0 Å². The number of ether oxygens (including phenoxy) is 4. The van der Waals surface area contributed by atoms with Crippen LogP contribution in [-0.2, 0) is 0 Å². The van der Waals surface area contributed by atoms with Gasteiger partial charge >= 0.3 is 0 Å². The van der Waals surface area contributed by atoms with E-state index in [1.165, 1.54) is 7.11 Å². The molecule has 0 atom stereocenters. The quantitative estimate of drug-likeness (QED) is 0.880. The molecule has 0 aliphatic rings. The average molecular weight is 331 g/mol. The summed E-state index contributed by atoms with van der Waals surface area (Å²) >= 11 is 0. The largest absolute Gasteiger partial charge is 0.496 e. The number of rotatable bonds is 6. The van der Waals surface area contributed by atoms with Crippen molar-refractivity contribution in [3.63, 3.8) is 0 Å². The zero-order chi connectivity index (χ0) is 17.7. The molecule has 0 radical (unpaired) electrons. The molecule has 0 bridgehead atoms. The number of hydrogen-bond donors (Lipinski definition) is 1. The fourth-order valence-corrected chi connectivity index (χ4v) is 2.43. The van der Waals surface area contributed by atoms with Gasteiger partial charge in [0.15, 0.2) is 11.5 Å². The van der Waals surface area contributed by atoms with Gasteiger partial charge in [-0.25, -0.2) is 0 Å². The van der Waals surface area contributed by atoms with Crippen LogP contribution in [0.1, 0.15) is 15.9 Å². The van der Waals surface area contributed by atoms with Crippen molar-refractivity contribution in [3.05, 3.63) is 41.5 Å². The first-order valence-electron chi connectivity index (χ1n) is 7.30. The summed E-state index contributed by atoms with van der Waals surface area (Å²) in [5, 5.41) is 2.84. The van der Waals surface area contributed by atoms with Crippen LogP contribution < -0.4 is 24.3 Å². The lowest BCUT2D eigenvalue weighted by Crippen LogP contribution is -2.13. The van der Waals surface area contributed by atoms with E-state index in [2.05, 4.69) is 5.32 Å². The molecule has 2 aromatic carbocycles. The molecule has 0 heterocycles. The minimum Gasteiger partial charge on any atom is -0.496 e. The summed E-state index contributed by atoms with van der Waals surface area (Å²) < 4.78 is 21.1. The van der Waals surface area contributed by atoms with Gasteiger partial charge in [-0.1, -0.05) is 0 Å². The van der Waals surface area contributed by atoms with E-state index in [0.29, 0.717) is 34.2 Å². The number of amides is 1. The molecule has 0 saturated heterocycles. The summed E-state index contributed by atoms with van der Waals surface area (Å²) in [6.07, 6.45) is 0. The van der Waals surface area contributed by atoms with Crippen LogP contribution in [0.15, 0.2) is 30.3 Å². The summed E-state index contributed by atoms with van der Waals surface area (Å²) in [5.74, 6) is 2.02. The third kappa shape index (κ3) is 3.37. The predicted molar refractivity (Wildman–Crippen MR) is 91.8 cm³/mol. The van der Waals surface area contributed by atoms with Crippen LogP contribution in [0.3, 0.4) is 0 Å². The Bertz CT molecular complexity index is 742. The molecule has 6 nitrogen and oxygen atoms in total. The van der Waals surface area contributed by atoms with Crippen LogP contribution in [0.4, 0.5) is 5.69 Å². The van der Waals surface area contributed by atoms with E-state index in [1.807, 2.05) is 6.92 Å². The van der Waals surface area contributed by atoms with Crippen LogP contribution in [0.25, 0.3) is 0 Å². The third-order valence-corrected chi connectivity index (χ3v) is 3.67. The Balaban J connectivity index is 2.31. The van der Waals surface area contributed by atoms with Gasteiger partial charge in [-0.05, 0) is 37.3 Å². The standard InChI is InChI=1S/C18H21NO5/c1-11-14(21-2)9-7-13(17(11)24-5)19-18(20)12-6-8-15(22-3)16(10-12)23-4/h6-10H,1-5H3,(H,19,20). The normalized spacial score (nSPS) is 10.0. The monoisotopic (exact) mass is 331 g/mol. The molecule has 6 heteroatoms. The highest BCUT2D eigenvalue weighted by Crippen LogP contribution is 2.35. The molecule has 1 amide bonds. The van der Waals surface area contributed by atoms with Crippen LogP contribution in [0.2, 0.25) is 0 Å². The van der Waals surface area contributed by atoms with Gasteiger partial charge in [0.1, 0.15) is 11.5 Å². The lowest BCUT2D eigenvalue weighted by atomic mass is 10.1. The second-order valence-electron chi connectivity index (χ2n) is 5.00. The second kappa shape index (κ2) is 7.59. The summed E-state index contributed by atoms with van der Waals surface area (Å²) in [5.41, 5.74) is 1.82. The van der Waals surface area contributed by atoms with E-state index in [4.69, 9.17) is 18.9 Å². The molecule has 0 aliphatic heterocycles. The fourth-order valence-electron chi connectivity index (χ4n) is 2.43. The summed E-state index contributed by atoms with van der Waals surface area (Å²) in [4.78, 5) is 12.5. The van der Waals surface area contributed by atoms with E-state index >= 15 is 0 Å². The molecule has 0 fully saturated rings. The van der Waals surface area contributed by atoms with E-state index in [1.54, 1.807) is 51.7 Å². The SMILES string of the molecule is COc1ccc(C(=O)Nc2ccc(OC)c(C)c2OC)cc1OC. The summed E-state index contributed by atoms with van der Waals surface area (Å²) in [6.45, 7) is 1.86. The first-order chi connectivity index (χ1) is 11.5. The topological polar surface area (TPSA) is 66.0 Å². The Morgan fingerprint density at radius 3 is 2.04 bits per heavy atom. The smallest absolute Gasteiger partial charge is 0.255 e. The Morgan fingerprint density at radius 1 is 0.833 bits per heavy atom. The Morgan fingerprint density at radius 2 is 1.46 bits per heavy atom. The first-order valence-corrected chi connectivity index (χ1v) is 7.30. The molecule has 1 N–H and O–H groups in total. The van der Waals surface area contributed by atoms with Gasteiger partial charge in [-0.15, -0.1) is 0 Å². The van der Waals surface area contributed by atoms with Crippen molar-refractivity contribution >= 4 is 11.6 Å². The zero-order valence-electron chi connectivity index (χ0n) is 14.4. The van der Waals surface area contributed by atoms with E-state index in [-0.39, 0.29) is 5.91 Å². The Labute approximate surface area is 141 Å². The van der Waals surface area contributed by atoms with Crippen molar-refractivity contribution in [1.82, 2.24) is 0 Å². The van der Waals surface area contributed by atoms with Gasteiger partial charge in [-0.3, -0.25) is 4.79 Å². The van der Waals surface area contributed by atoms with E-state index < -0.39 is 0 Å². The summed E-state index contributed by atoms with van der Waals surface area (Å²) in [7, 11) is 6.20. The van der Waals surface area contributed by atoms with Gasteiger partial charge in [0, 0.05) is 11.1 Å². The number of carbonyl (C=O) groups excluding carboxylic acids is 1. The number of anilines is 1. The van der Waals surface area contributed by atoms with Gasteiger partial charge in [0.05, 0.1) is 34.1 Å². The Kier molecular flexibility index (Phi) is 5.52. The number of methoxy groups -OCH3 is 4. The fraction of sp³-hybridized carbons (Fsp3) is 0.278. The Hall–Kier alpha value is -2.89. The van der Waals surface area contributed by atoms with Crippen LogP contribution >= 0.6 is 0 Å². The van der Waals surface area contributed by atoms with Crippen molar-refractivity contribution < 1.29 is 23.7 Å². The number of benzene rings is 2.